The second-order valence-electron chi connectivity index (χ2n) is 7.53. The topological polar surface area (TPSA) is 79.5 Å². The number of primary amides is 1. The van der Waals surface area contributed by atoms with E-state index in [4.69, 9.17) is 5.73 Å². The van der Waals surface area contributed by atoms with Crippen molar-refractivity contribution < 1.29 is 13.6 Å². The van der Waals surface area contributed by atoms with Crippen LogP contribution in [-0.2, 0) is 16.6 Å². The molecule has 0 radical (unpaired) electrons. The van der Waals surface area contributed by atoms with E-state index in [2.05, 4.69) is 15.6 Å². The van der Waals surface area contributed by atoms with Crippen molar-refractivity contribution in [3.63, 3.8) is 0 Å². The number of hydrogen-bond donors (Lipinski definition) is 3. The van der Waals surface area contributed by atoms with Crippen LogP contribution in [-0.4, -0.2) is 32.0 Å². The molecule has 1 aliphatic carbocycles. The first-order valence-corrected chi connectivity index (χ1v) is 9.66. The monoisotopic (exact) mass is 400 g/mol. The molecule has 1 saturated carbocycles. The summed E-state index contributed by atoms with van der Waals surface area (Å²) in [7, 11) is 1.65. The molecule has 29 heavy (non-hydrogen) atoms. The van der Waals surface area contributed by atoms with Crippen LogP contribution in [0, 0.1) is 17.6 Å². The van der Waals surface area contributed by atoms with Crippen LogP contribution in [0.4, 0.5) is 8.78 Å². The molecule has 4 N–H and O–H groups in total. The second-order valence-corrected chi connectivity index (χ2v) is 7.53. The molecule has 5 nitrogen and oxygen atoms in total. The number of hydrogen-bond acceptors (Lipinski definition) is 2. The summed E-state index contributed by atoms with van der Waals surface area (Å²) < 4.78 is 26.6. The largest absolute Gasteiger partial charge is 0.369 e. The number of nitrogens with one attached hydrogen (secondary N) is 2. The van der Waals surface area contributed by atoms with E-state index < -0.39 is 11.8 Å². The fourth-order valence-corrected chi connectivity index (χ4v) is 3.41. The van der Waals surface area contributed by atoms with E-state index in [1.165, 1.54) is 18.2 Å². The van der Waals surface area contributed by atoms with E-state index in [1.54, 1.807) is 31.3 Å². The third kappa shape index (κ3) is 5.53. The van der Waals surface area contributed by atoms with Crippen molar-refractivity contribution in [3.05, 3.63) is 71.3 Å². The van der Waals surface area contributed by atoms with Crippen molar-refractivity contribution in [2.45, 2.75) is 24.7 Å². The van der Waals surface area contributed by atoms with Gasteiger partial charge in [0.15, 0.2) is 5.96 Å². The van der Waals surface area contributed by atoms with Gasteiger partial charge in [0.1, 0.15) is 11.6 Å². The van der Waals surface area contributed by atoms with Gasteiger partial charge in [0.05, 0.1) is 5.92 Å². The van der Waals surface area contributed by atoms with Crippen LogP contribution in [0.1, 0.15) is 24.0 Å². The number of aliphatic imine (C=N–C) groups is 1. The SMILES string of the molecule is CN=C(NCC(Cc1ccc(F)cc1)C(N)=O)NCC1(c2cccc(F)c2)CC1. The third-order valence-corrected chi connectivity index (χ3v) is 5.42. The Labute approximate surface area is 169 Å². The van der Waals surface area contributed by atoms with Gasteiger partial charge < -0.3 is 16.4 Å². The summed E-state index contributed by atoms with van der Waals surface area (Å²) in [5, 5.41) is 6.41. The van der Waals surface area contributed by atoms with E-state index in [0.29, 0.717) is 25.5 Å². The summed E-state index contributed by atoms with van der Waals surface area (Å²) in [6.07, 6.45) is 2.37. The van der Waals surface area contributed by atoms with Gasteiger partial charge in [-0.3, -0.25) is 9.79 Å². The number of halogens is 2. The molecule has 0 bridgehead atoms. The highest BCUT2D eigenvalue weighted by Crippen LogP contribution is 2.47. The fourth-order valence-electron chi connectivity index (χ4n) is 3.41. The Kier molecular flexibility index (Phi) is 6.46. The van der Waals surface area contributed by atoms with E-state index in [-0.39, 0.29) is 17.0 Å². The summed E-state index contributed by atoms with van der Waals surface area (Å²) in [4.78, 5) is 16.0. The minimum atomic E-state index is -0.461. The Morgan fingerprint density at radius 3 is 2.45 bits per heavy atom. The van der Waals surface area contributed by atoms with Crippen LogP contribution >= 0.6 is 0 Å². The first kappa shape index (κ1) is 20.8. The first-order valence-electron chi connectivity index (χ1n) is 9.66. The molecule has 0 spiro atoms. The quantitative estimate of drug-likeness (QED) is 0.471. The number of nitrogens with two attached hydrogens (primary N) is 1. The van der Waals surface area contributed by atoms with Gasteiger partial charge in [0.2, 0.25) is 5.91 Å². The molecule has 1 aliphatic rings. The zero-order valence-corrected chi connectivity index (χ0v) is 16.4. The molecule has 1 amide bonds. The normalized spacial score (nSPS) is 16.2. The molecule has 3 rings (SSSR count). The maximum Gasteiger partial charge on any atom is 0.222 e. The molecule has 154 valence electrons. The molecule has 1 atom stereocenters. The first-order chi connectivity index (χ1) is 13.9. The van der Waals surface area contributed by atoms with Gasteiger partial charge in [-0.1, -0.05) is 24.3 Å². The molecule has 0 saturated heterocycles. The maximum atomic E-state index is 13.6. The molecule has 2 aromatic carbocycles. The predicted molar refractivity (Wildman–Crippen MR) is 109 cm³/mol. The molecule has 1 unspecified atom stereocenters. The van der Waals surface area contributed by atoms with Crippen molar-refractivity contribution in [3.8, 4) is 0 Å². The number of benzene rings is 2. The minimum absolute atomic E-state index is 0.0864. The van der Waals surface area contributed by atoms with Crippen LogP contribution in [0.15, 0.2) is 53.5 Å². The average molecular weight is 400 g/mol. The minimum Gasteiger partial charge on any atom is -0.369 e. The van der Waals surface area contributed by atoms with Gasteiger partial charge >= 0.3 is 0 Å². The lowest BCUT2D eigenvalue weighted by molar-refractivity contribution is -0.121. The summed E-state index contributed by atoms with van der Waals surface area (Å²) in [5.74, 6) is -0.897. The van der Waals surface area contributed by atoms with Crippen LogP contribution in [0.2, 0.25) is 0 Å². The molecule has 0 aliphatic heterocycles. The van der Waals surface area contributed by atoms with Crippen LogP contribution in [0.25, 0.3) is 0 Å². The lowest BCUT2D eigenvalue weighted by Gasteiger charge is -2.21. The van der Waals surface area contributed by atoms with Gasteiger partial charge in [-0.25, -0.2) is 8.78 Å². The number of carbonyl (C=O) groups is 1. The van der Waals surface area contributed by atoms with Crippen molar-refractivity contribution in [1.29, 1.82) is 0 Å². The Hall–Kier alpha value is -2.96. The van der Waals surface area contributed by atoms with Crippen LogP contribution in [0.3, 0.4) is 0 Å². The number of nitrogens with zero attached hydrogens (tertiary/aromatic N) is 1. The Morgan fingerprint density at radius 1 is 1.14 bits per heavy atom. The Balaban J connectivity index is 1.55. The number of guanidine groups is 1. The maximum absolute atomic E-state index is 13.6. The highest BCUT2D eigenvalue weighted by molar-refractivity contribution is 5.82. The lowest BCUT2D eigenvalue weighted by Crippen LogP contribution is -2.45. The van der Waals surface area contributed by atoms with Crippen molar-refractivity contribution in [2.24, 2.45) is 16.6 Å². The summed E-state index contributed by atoms with van der Waals surface area (Å²) in [5.41, 5.74) is 7.26. The Morgan fingerprint density at radius 2 is 1.86 bits per heavy atom. The van der Waals surface area contributed by atoms with Crippen molar-refractivity contribution in [2.75, 3.05) is 20.1 Å². The van der Waals surface area contributed by atoms with Crippen molar-refractivity contribution >= 4 is 11.9 Å². The predicted octanol–water partition coefficient (Wildman–Crippen LogP) is 2.51. The molecule has 2 aromatic rings. The summed E-state index contributed by atoms with van der Waals surface area (Å²) >= 11 is 0. The van der Waals surface area contributed by atoms with Gasteiger partial charge in [0.25, 0.3) is 0 Å². The van der Waals surface area contributed by atoms with Crippen LogP contribution < -0.4 is 16.4 Å². The highest BCUT2D eigenvalue weighted by atomic mass is 19.1. The van der Waals surface area contributed by atoms with Gasteiger partial charge in [-0.05, 0) is 54.7 Å². The van der Waals surface area contributed by atoms with Crippen molar-refractivity contribution in [1.82, 2.24) is 10.6 Å². The average Bonchev–Trinajstić information content (AvgIpc) is 3.49. The van der Waals surface area contributed by atoms with Gasteiger partial charge in [0, 0.05) is 25.6 Å². The van der Waals surface area contributed by atoms with E-state index in [1.807, 2.05) is 6.07 Å². The third-order valence-electron chi connectivity index (χ3n) is 5.42. The fraction of sp³-hybridized carbons (Fsp3) is 0.364. The molecule has 0 aromatic heterocycles. The second kappa shape index (κ2) is 9.03. The number of amides is 1. The highest BCUT2D eigenvalue weighted by Gasteiger charge is 2.44. The molecule has 1 fully saturated rings. The van der Waals surface area contributed by atoms with Gasteiger partial charge in [-0.15, -0.1) is 0 Å². The number of rotatable bonds is 8. The molecular weight excluding hydrogens is 374 g/mol. The number of carbonyl (C=O) groups excluding carboxylic acids is 1. The zero-order valence-electron chi connectivity index (χ0n) is 16.4. The Bertz CT molecular complexity index is 879. The molecular formula is C22H26F2N4O. The van der Waals surface area contributed by atoms with Crippen LogP contribution in [0.5, 0.6) is 0 Å². The van der Waals surface area contributed by atoms with Gasteiger partial charge in [-0.2, -0.15) is 0 Å². The van der Waals surface area contributed by atoms with E-state index in [0.717, 1.165) is 24.0 Å². The smallest absolute Gasteiger partial charge is 0.222 e. The summed E-state index contributed by atoms with van der Waals surface area (Å²) in [6, 6.07) is 12.7. The van der Waals surface area contributed by atoms with E-state index in [9.17, 15) is 13.6 Å². The zero-order chi connectivity index (χ0) is 20.9. The summed E-state index contributed by atoms with van der Waals surface area (Å²) in [6.45, 7) is 0.925. The standard InChI is InChI=1S/C22H26F2N4O/c1-26-21(28-14-22(9-10-22)17-3-2-4-19(24)12-17)27-13-16(20(25)29)11-15-5-7-18(23)8-6-15/h2-8,12,16H,9-11,13-14H2,1H3,(H2,25,29)(H2,26,27,28). The molecule has 0 heterocycles. The van der Waals surface area contributed by atoms with E-state index >= 15 is 0 Å². The lowest BCUT2D eigenvalue weighted by atomic mass is 9.96. The molecule has 7 heteroatoms.